The lowest BCUT2D eigenvalue weighted by atomic mass is 10.2. The molecule has 2 nitrogen and oxygen atoms in total. The lowest BCUT2D eigenvalue weighted by Gasteiger charge is -1.88. The van der Waals surface area contributed by atoms with E-state index in [1.54, 1.807) is 0 Å². The van der Waals surface area contributed by atoms with Crippen molar-refractivity contribution in [2.24, 2.45) is 0 Å². The molecule has 0 aliphatic rings. The van der Waals surface area contributed by atoms with E-state index < -0.39 is 5.87 Å². The third kappa shape index (κ3) is 4.01. The van der Waals surface area contributed by atoms with Gasteiger partial charge in [-0.15, -0.1) is 0 Å². The molecule has 0 atom stereocenters. The fourth-order valence-corrected chi connectivity index (χ4v) is 0.279. The van der Waals surface area contributed by atoms with Crippen LogP contribution in [0, 0.1) is 0 Å². The fraction of sp³-hybridized carbons (Fsp3) is 0.500. The van der Waals surface area contributed by atoms with E-state index in [2.05, 4.69) is 28.5 Å². The summed E-state index contributed by atoms with van der Waals surface area (Å²) in [6.45, 7) is 0. The van der Waals surface area contributed by atoms with Crippen molar-refractivity contribution >= 4 is 29.6 Å². The Morgan fingerprint density at radius 3 is 2.50 bits per heavy atom. The van der Waals surface area contributed by atoms with E-state index in [0.29, 0.717) is 0 Å². The van der Waals surface area contributed by atoms with Gasteiger partial charge in [0.2, 0.25) is 13.7 Å². The molecule has 0 amide bonds. The van der Waals surface area contributed by atoms with E-state index in [1.165, 1.54) is 0 Å². The number of hydrogen-bond acceptors (Lipinski definition) is 2. The lowest BCUT2D eigenvalue weighted by molar-refractivity contribution is 0.194. The summed E-state index contributed by atoms with van der Waals surface area (Å²) >= 11 is 2.83. The third-order valence-electron chi connectivity index (χ3n) is 0.197. The molecule has 0 saturated heterocycles. The molecule has 32 valence electrons. The quantitative estimate of drug-likeness (QED) is 0.403. The Hall–Kier alpha value is 0.0149. The predicted octanol–water partition coefficient (Wildman–Crippen LogP) is 0.644. The van der Waals surface area contributed by atoms with Gasteiger partial charge in [-0.05, 0) is 15.9 Å². The SMILES string of the molecule is [B]C(=O)OCBr. The van der Waals surface area contributed by atoms with Gasteiger partial charge in [-0.2, -0.15) is 0 Å². The van der Waals surface area contributed by atoms with E-state index in [1.807, 2.05) is 0 Å². The van der Waals surface area contributed by atoms with Crippen molar-refractivity contribution in [1.29, 1.82) is 0 Å². The first-order chi connectivity index (χ1) is 2.77. The summed E-state index contributed by atoms with van der Waals surface area (Å²) in [5.74, 6) is -0.758. The normalized spacial score (nSPS) is 7.50. The molecule has 2 radical (unpaired) electrons. The third-order valence-corrected chi connectivity index (χ3v) is 0.426. The summed E-state index contributed by atoms with van der Waals surface area (Å²) in [4.78, 5) is 9.57. The second-order valence-electron chi connectivity index (χ2n) is 0.572. The molecule has 0 aliphatic carbocycles. The van der Waals surface area contributed by atoms with Crippen molar-refractivity contribution in [3.05, 3.63) is 0 Å². The van der Waals surface area contributed by atoms with Crippen LogP contribution in [-0.2, 0) is 4.74 Å². The zero-order chi connectivity index (χ0) is 4.99. The lowest BCUT2D eigenvalue weighted by Crippen LogP contribution is -1.96. The number of ether oxygens (including phenoxy) is 1. The van der Waals surface area contributed by atoms with Gasteiger partial charge in [-0.3, -0.25) is 4.79 Å². The maximum Gasteiger partial charge on any atom is 0.236 e. The molecular formula is C2H2BBrO2. The summed E-state index contributed by atoms with van der Waals surface area (Å²) in [6, 6.07) is 0. The summed E-state index contributed by atoms with van der Waals surface area (Å²) < 4.78 is 4.10. The zero-order valence-electron chi connectivity index (χ0n) is 2.98. The Bertz CT molecular complexity index is 55.5. The Labute approximate surface area is 45.4 Å². The molecule has 0 rings (SSSR count). The van der Waals surface area contributed by atoms with Gasteiger partial charge in [0.15, 0.2) is 0 Å². The number of carbonyl (C=O) groups is 1. The van der Waals surface area contributed by atoms with Crippen LogP contribution in [0.1, 0.15) is 0 Å². The average molecular weight is 149 g/mol. The van der Waals surface area contributed by atoms with Gasteiger partial charge in [0, 0.05) is 0 Å². The molecule has 0 spiro atoms. The second kappa shape index (κ2) is 3.21. The van der Waals surface area contributed by atoms with Crippen molar-refractivity contribution in [1.82, 2.24) is 0 Å². The number of halogens is 1. The van der Waals surface area contributed by atoms with Crippen molar-refractivity contribution in [2.75, 3.05) is 5.52 Å². The maximum atomic E-state index is 9.57. The Balaban J connectivity index is 2.83. The van der Waals surface area contributed by atoms with Crippen molar-refractivity contribution in [2.45, 2.75) is 0 Å². The molecule has 0 saturated carbocycles. The van der Waals surface area contributed by atoms with Crippen molar-refractivity contribution < 1.29 is 9.53 Å². The topological polar surface area (TPSA) is 26.3 Å². The van der Waals surface area contributed by atoms with E-state index in [-0.39, 0.29) is 5.52 Å². The maximum absolute atomic E-state index is 9.57. The van der Waals surface area contributed by atoms with Gasteiger partial charge in [-0.25, -0.2) is 0 Å². The highest BCUT2D eigenvalue weighted by Gasteiger charge is 1.82. The largest absolute Gasteiger partial charge is 0.463 e. The van der Waals surface area contributed by atoms with E-state index in [0.717, 1.165) is 0 Å². The van der Waals surface area contributed by atoms with Crippen LogP contribution in [0.25, 0.3) is 0 Å². The Kier molecular flexibility index (Phi) is 3.22. The Morgan fingerprint density at radius 1 is 2.00 bits per heavy atom. The summed E-state index contributed by atoms with van der Waals surface area (Å²) in [5, 5.41) is 0. The van der Waals surface area contributed by atoms with Crippen molar-refractivity contribution in [3.8, 4) is 0 Å². The van der Waals surface area contributed by atoms with Crippen LogP contribution in [0.2, 0.25) is 0 Å². The molecule has 0 N–H and O–H groups in total. The standard InChI is InChI=1S/C2H2BBrO2/c3-2(5)6-1-4/h1H2. The Morgan fingerprint density at radius 2 is 2.50 bits per heavy atom. The molecule has 0 heterocycles. The van der Waals surface area contributed by atoms with Gasteiger partial charge < -0.3 is 4.74 Å². The molecule has 0 unspecified atom stereocenters. The molecule has 0 bridgehead atoms. The van der Waals surface area contributed by atoms with E-state index in [4.69, 9.17) is 0 Å². The number of alkyl halides is 1. The van der Waals surface area contributed by atoms with Crippen LogP contribution in [0.4, 0.5) is 4.79 Å². The molecular weight excluding hydrogens is 147 g/mol. The minimum Gasteiger partial charge on any atom is -0.463 e. The fourth-order valence-electron chi connectivity index (χ4n) is 0.0538. The number of hydrogen-bond donors (Lipinski definition) is 0. The minimum absolute atomic E-state index is 0.169. The van der Waals surface area contributed by atoms with Crippen LogP contribution >= 0.6 is 15.9 Å². The first-order valence-corrected chi connectivity index (χ1v) is 2.37. The summed E-state index contributed by atoms with van der Waals surface area (Å²) in [5.41, 5.74) is 0.169. The number of rotatable bonds is 1. The van der Waals surface area contributed by atoms with Gasteiger partial charge in [0.05, 0.1) is 0 Å². The van der Waals surface area contributed by atoms with Gasteiger partial charge in [0.1, 0.15) is 5.52 Å². The molecule has 0 aliphatic heterocycles. The van der Waals surface area contributed by atoms with Crippen LogP contribution in [0.15, 0.2) is 0 Å². The highest BCUT2D eigenvalue weighted by Crippen LogP contribution is 1.80. The van der Waals surface area contributed by atoms with Gasteiger partial charge in [0.25, 0.3) is 0 Å². The summed E-state index contributed by atoms with van der Waals surface area (Å²) in [7, 11) is 4.51. The van der Waals surface area contributed by atoms with Gasteiger partial charge >= 0.3 is 0 Å². The van der Waals surface area contributed by atoms with Crippen molar-refractivity contribution in [3.63, 3.8) is 0 Å². The molecule has 0 aromatic heterocycles. The molecule has 0 aromatic carbocycles. The predicted molar refractivity (Wildman–Crippen MR) is 26.0 cm³/mol. The monoisotopic (exact) mass is 148 g/mol. The first kappa shape index (κ1) is 6.01. The van der Waals surface area contributed by atoms with Crippen LogP contribution < -0.4 is 0 Å². The summed E-state index contributed by atoms with van der Waals surface area (Å²) in [6.07, 6.45) is 0. The van der Waals surface area contributed by atoms with Gasteiger partial charge in [-0.1, -0.05) is 0 Å². The van der Waals surface area contributed by atoms with Crippen LogP contribution in [0.5, 0.6) is 0 Å². The highest BCUT2D eigenvalue weighted by atomic mass is 79.9. The second-order valence-corrected chi connectivity index (χ2v) is 1.03. The first-order valence-electron chi connectivity index (χ1n) is 1.25. The molecule has 6 heavy (non-hydrogen) atoms. The minimum atomic E-state index is -0.758. The molecule has 0 aromatic rings. The average Bonchev–Trinajstić information content (AvgIpc) is 1.35. The zero-order valence-corrected chi connectivity index (χ0v) is 4.56. The van der Waals surface area contributed by atoms with Crippen LogP contribution in [0.3, 0.4) is 0 Å². The number of carbonyl (C=O) groups excluding carboxylic acids is 1. The van der Waals surface area contributed by atoms with E-state index in [9.17, 15) is 4.79 Å². The smallest absolute Gasteiger partial charge is 0.236 e. The highest BCUT2D eigenvalue weighted by molar-refractivity contribution is 9.09. The molecule has 4 heteroatoms. The van der Waals surface area contributed by atoms with Crippen LogP contribution in [-0.4, -0.2) is 19.2 Å². The van der Waals surface area contributed by atoms with E-state index >= 15 is 0 Å². The molecule has 0 fully saturated rings.